The van der Waals surface area contributed by atoms with Crippen LogP contribution in [0.5, 0.6) is 0 Å². The van der Waals surface area contributed by atoms with Crippen molar-refractivity contribution in [1.29, 1.82) is 0 Å². The molecule has 0 aliphatic rings. The van der Waals surface area contributed by atoms with Crippen LogP contribution in [-0.4, -0.2) is 48.7 Å². The molecule has 0 saturated carbocycles. The molecule has 112 valence electrons. The maximum absolute atomic E-state index is 13.5. The maximum atomic E-state index is 13.5. The first-order chi connectivity index (χ1) is 9.25. The number of benzene rings is 1. The second-order valence-corrected chi connectivity index (χ2v) is 6.46. The molecule has 20 heavy (non-hydrogen) atoms. The summed E-state index contributed by atoms with van der Waals surface area (Å²) >= 11 is 0. The summed E-state index contributed by atoms with van der Waals surface area (Å²) in [5.41, 5.74) is 0.255. The standard InChI is InChI=1S/C12H17FN2O4S/c1-14(8-7-12(16)17)20(18,19)15(2)9-10-5-3-4-6-11(10)13/h3-6H,7-9H2,1-2H3,(H,16,17). The third-order valence-electron chi connectivity index (χ3n) is 2.78. The Kier molecular flexibility index (Phi) is 5.61. The van der Waals surface area contributed by atoms with Crippen LogP contribution in [0.2, 0.25) is 0 Å². The Morgan fingerprint density at radius 1 is 1.25 bits per heavy atom. The van der Waals surface area contributed by atoms with Crippen LogP contribution in [0.4, 0.5) is 4.39 Å². The maximum Gasteiger partial charge on any atom is 0.304 e. The molecule has 0 atom stereocenters. The van der Waals surface area contributed by atoms with Crippen molar-refractivity contribution in [3.8, 4) is 0 Å². The molecule has 1 aromatic carbocycles. The molecule has 1 aromatic rings. The minimum absolute atomic E-state index is 0.119. The molecule has 8 heteroatoms. The highest BCUT2D eigenvalue weighted by atomic mass is 32.2. The quantitative estimate of drug-likeness (QED) is 0.812. The molecule has 0 aromatic heterocycles. The minimum Gasteiger partial charge on any atom is -0.481 e. The van der Waals surface area contributed by atoms with E-state index in [1.807, 2.05) is 0 Å². The normalized spacial score (nSPS) is 12.1. The first-order valence-corrected chi connectivity index (χ1v) is 7.27. The van der Waals surface area contributed by atoms with Crippen LogP contribution >= 0.6 is 0 Å². The summed E-state index contributed by atoms with van der Waals surface area (Å²) in [5, 5.41) is 8.55. The predicted molar refractivity (Wildman–Crippen MR) is 71.7 cm³/mol. The highest BCUT2D eigenvalue weighted by molar-refractivity contribution is 7.86. The summed E-state index contributed by atoms with van der Waals surface area (Å²) in [6, 6.07) is 5.89. The van der Waals surface area contributed by atoms with Gasteiger partial charge < -0.3 is 5.11 Å². The second kappa shape index (κ2) is 6.78. The van der Waals surface area contributed by atoms with Crippen molar-refractivity contribution in [2.45, 2.75) is 13.0 Å². The molecular weight excluding hydrogens is 287 g/mol. The van der Waals surface area contributed by atoms with Crippen LogP contribution in [0.3, 0.4) is 0 Å². The number of nitrogens with zero attached hydrogens (tertiary/aromatic N) is 2. The van der Waals surface area contributed by atoms with Gasteiger partial charge >= 0.3 is 5.97 Å². The zero-order valence-electron chi connectivity index (χ0n) is 11.3. The van der Waals surface area contributed by atoms with Gasteiger partial charge in [0.15, 0.2) is 0 Å². The Labute approximate surface area is 117 Å². The first kappa shape index (κ1) is 16.5. The molecule has 0 saturated heterocycles. The van der Waals surface area contributed by atoms with Gasteiger partial charge in [-0.15, -0.1) is 0 Å². The van der Waals surface area contributed by atoms with Crippen LogP contribution in [0, 0.1) is 5.82 Å². The molecule has 0 unspecified atom stereocenters. The van der Waals surface area contributed by atoms with Gasteiger partial charge in [-0.2, -0.15) is 17.0 Å². The van der Waals surface area contributed by atoms with Crippen molar-refractivity contribution in [3.63, 3.8) is 0 Å². The lowest BCUT2D eigenvalue weighted by Crippen LogP contribution is -2.40. The fourth-order valence-electron chi connectivity index (χ4n) is 1.55. The molecule has 1 rings (SSSR count). The second-order valence-electron chi connectivity index (χ2n) is 4.32. The molecule has 6 nitrogen and oxygen atoms in total. The number of hydrogen-bond acceptors (Lipinski definition) is 3. The van der Waals surface area contributed by atoms with E-state index in [0.29, 0.717) is 0 Å². The van der Waals surface area contributed by atoms with E-state index in [4.69, 9.17) is 5.11 Å². The zero-order valence-corrected chi connectivity index (χ0v) is 12.1. The Hall–Kier alpha value is -1.51. The van der Waals surface area contributed by atoms with Gasteiger partial charge in [0.2, 0.25) is 0 Å². The lowest BCUT2D eigenvalue weighted by atomic mass is 10.2. The van der Waals surface area contributed by atoms with E-state index >= 15 is 0 Å². The van der Waals surface area contributed by atoms with E-state index in [2.05, 4.69) is 0 Å². The topological polar surface area (TPSA) is 77.9 Å². The lowest BCUT2D eigenvalue weighted by Gasteiger charge is -2.24. The fourth-order valence-corrected chi connectivity index (χ4v) is 2.65. The van der Waals surface area contributed by atoms with Crippen LogP contribution in [-0.2, 0) is 21.5 Å². The molecule has 0 heterocycles. The Bertz CT molecular complexity index is 577. The van der Waals surface area contributed by atoms with Crippen molar-refractivity contribution < 1.29 is 22.7 Å². The number of carbonyl (C=O) groups is 1. The lowest BCUT2D eigenvalue weighted by molar-refractivity contribution is -0.137. The van der Waals surface area contributed by atoms with Crippen LogP contribution < -0.4 is 0 Å². The SMILES string of the molecule is CN(CCC(=O)O)S(=O)(=O)N(C)Cc1ccccc1F. The van der Waals surface area contributed by atoms with Crippen molar-refractivity contribution >= 4 is 16.2 Å². The van der Waals surface area contributed by atoms with Crippen molar-refractivity contribution in [2.24, 2.45) is 0 Å². The number of aliphatic carboxylic acids is 1. The largest absolute Gasteiger partial charge is 0.481 e. The smallest absolute Gasteiger partial charge is 0.304 e. The van der Waals surface area contributed by atoms with Gasteiger partial charge in [0.05, 0.1) is 6.42 Å². The van der Waals surface area contributed by atoms with Gasteiger partial charge in [-0.05, 0) is 6.07 Å². The van der Waals surface area contributed by atoms with E-state index in [1.165, 1.54) is 32.3 Å². The molecular formula is C12H17FN2O4S. The summed E-state index contributed by atoms with van der Waals surface area (Å²) < 4.78 is 39.6. The van der Waals surface area contributed by atoms with Crippen molar-refractivity contribution in [2.75, 3.05) is 20.6 Å². The van der Waals surface area contributed by atoms with Gasteiger partial charge in [-0.1, -0.05) is 18.2 Å². The minimum atomic E-state index is -3.81. The van der Waals surface area contributed by atoms with Gasteiger partial charge in [-0.3, -0.25) is 4.79 Å². The van der Waals surface area contributed by atoms with Crippen LogP contribution in [0.25, 0.3) is 0 Å². The number of carboxylic acids is 1. The number of halogens is 1. The number of carboxylic acid groups (broad SMARTS) is 1. The average Bonchev–Trinajstić information content (AvgIpc) is 2.38. The van der Waals surface area contributed by atoms with Crippen molar-refractivity contribution in [3.05, 3.63) is 35.6 Å². The van der Waals surface area contributed by atoms with E-state index < -0.39 is 22.0 Å². The predicted octanol–water partition coefficient (Wildman–Crippen LogP) is 0.909. The molecule has 1 N–H and O–H groups in total. The molecule has 0 amide bonds. The third kappa shape index (κ3) is 4.26. The Balaban J connectivity index is 2.77. The monoisotopic (exact) mass is 304 g/mol. The van der Waals surface area contributed by atoms with Gasteiger partial charge in [0.1, 0.15) is 5.82 Å². The van der Waals surface area contributed by atoms with E-state index in [-0.39, 0.29) is 25.1 Å². The Morgan fingerprint density at radius 3 is 2.40 bits per heavy atom. The molecule has 0 fully saturated rings. The molecule has 0 spiro atoms. The number of rotatable bonds is 7. The fraction of sp³-hybridized carbons (Fsp3) is 0.417. The highest BCUT2D eigenvalue weighted by Crippen LogP contribution is 2.13. The molecule has 0 aliphatic carbocycles. The highest BCUT2D eigenvalue weighted by Gasteiger charge is 2.24. The van der Waals surface area contributed by atoms with Crippen LogP contribution in [0.15, 0.2) is 24.3 Å². The summed E-state index contributed by atoms with van der Waals surface area (Å²) in [4.78, 5) is 10.5. The van der Waals surface area contributed by atoms with Gasteiger partial charge in [0.25, 0.3) is 10.2 Å². The van der Waals surface area contributed by atoms with Crippen molar-refractivity contribution in [1.82, 2.24) is 8.61 Å². The van der Waals surface area contributed by atoms with E-state index in [0.717, 1.165) is 8.61 Å². The summed E-state index contributed by atoms with van der Waals surface area (Å²) in [6.45, 7) is -0.258. The average molecular weight is 304 g/mol. The van der Waals surface area contributed by atoms with Gasteiger partial charge in [-0.25, -0.2) is 4.39 Å². The molecule has 0 radical (unpaired) electrons. The Morgan fingerprint density at radius 2 is 1.85 bits per heavy atom. The summed E-state index contributed by atoms with van der Waals surface area (Å²) in [7, 11) is -1.21. The third-order valence-corrected chi connectivity index (χ3v) is 4.67. The zero-order chi connectivity index (χ0) is 15.3. The number of hydrogen-bond donors (Lipinski definition) is 1. The van der Waals surface area contributed by atoms with E-state index in [1.54, 1.807) is 6.07 Å². The van der Waals surface area contributed by atoms with Crippen LogP contribution in [0.1, 0.15) is 12.0 Å². The molecule has 0 aliphatic heterocycles. The van der Waals surface area contributed by atoms with Gasteiger partial charge in [0, 0.05) is 32.7 Å². The summed E-state index contributed by atoms with van der Waals surface area (Å²) in [6.07, 6.45) is -0.288. The summed E-state index contributed by atoms with van der Waals surface area (Å²) in [5.74, 6) is -1.56. The molecule has 0 bridgehead atoms. The first-order valence-electron chi connectivity index (χ1n) is 5.88. The van der Waals surface area contributed by atoms with E-state index in [9.17, 15) is 17.6 Å².